The largest absolute Gasteiger partial charge is 0.316 e. The first-order chi connectivity index (χ1) is 5.31. The lowest BCUT2D eigenvalue weighted by Crippen LogP contribution is -2.27. The van der Waals surface area contributed by atoms with E-state index in [2.05, 4.69) is 26.1 Å². The summed E-state index contributed by atoms with van der Waals surface area (Å²) < 4.78 is 0. The number of hydrogen-bond acceptors (Lipinski definition) is 1. The van der Waals surface area contributed by atoms with Gasteiger partial charge in [-0.2, -0.15) is 0 Å². The molecule has 1 nitrogen and oxygen atoms in total. The van der Waals surface area contributed by atoms with Gasteiger partial charge in [-0.1, -0.05) is 33.6 Å². The molecule has 1 fully saturated rings. The summed E-state index contributed by atoms with van der Waals surface area (Å²) in [4.78, 5) is 0. The Hall–Kier alpha value is -0.0400. The predicted molar refractivity (Wildman–Crippen MR) is 54.0 cm³/mol. The van der Waals surface area contributed by atoms with Crippen LogP contribution in [0.3, 0.4) is 0 Å². The van der Waals surface area contributed by atoms with Crippen molar-refractivity contribution in [1.29, 1.82) is 0 Å². The molecule has 1 rings (SSSR count). The molecule has 0 spiro atoms. The van der Waals surface area contributed by atoms with E-state index in [9.17, 15) is 0 Å². The van der Waals surface area contributed by atoms with Crippen molar-refractivity contribution in [3.05, 3.63) is 0 Å². The van der Waals surface area contributed by atoms with E-state index in [1.165, 1.54) is 38.8 Å². The van der Waals surface area contributed by atoms with E-state index in [0.717, 1.165) is 5.92 Å². The van der Waals surface area contributed by atoms with Gasteiger partial charge in [-0.15, -0.1) is 0 Å². The van der Waals surface area contributed by atoms with Crippen molar-refractivity contribution in [3.63, 3.8) is 0 Å². The Kier molecular flexibility index (Phi) is 8.03. The third kappa shape index (κ3) is 7.86. The van der Waals surface area contributed by atoms with Crippen molar-refractivity contribution in [2.45, 2.75) is 46.5 Å². The summed E-state index contributed by atoms with van der Waals surface area (Å²) in [6.07, 6.45) is 5.44. The molecule has 1 saturated heterocycles. The molecule has 1 aliphatic heterocycles. The number of nitrogens with one attached hydrogen (secondary N) is 1. The van der Waals surface area contributed by atoms with E-state index in [1.54, 1.807) is 0 Å². The van der Waals surface area contributed by atoms with E-state index in [0.29, 0.717) is 0 Å². The van der Waals surface area contributed by atoms with Crippen molar-refractivity contribution in [1.82, 2.24) is 5.32 Å². The Bertz CT molecular complexity index is 68.2. The number of piperidine rings is 1. The van der Waals surface area contributed by atoms with Gasteiger partial charge in [0.15, 0.2) is 0 Å². The number of hydrogen-bond donors (Lipinski definition) is 1. The van der Waals surface area contributed by atoms with Gasteiger partial charge in [-0.25, -0.2) is 0 Å². The van der Waals surface area contributed by atoms with E-state index >= 15 is 0 Å². The third-order valence-electron chi connectivity index (χ3n) is 2.04. The second-order valence-corrected chi connectivity index (χ2v) is 3.45. The second kappa shape index (κ2) is 8.06. The quantitative estimate of drug-likeness (QED) is 0.620. The van der Waals surface area contributed by atoms with E-state index in [4.69, 9.17) is 0 Å². The van der Waals surface area contributed by atoms with Crippen LogP contribution >= 0.6 is 0 Å². The average Bonchev–Trinajstić information content (AvgIpc) is 2.07. The van der Waals surface area contributed by atoms with Crippen molar-refractivity contribution in [2.24, 2.45) is 5.92 Å². The van der Waals surface area contributed by atoms with Crippen LogP contribution in [0, 0.1) is 5.92 Å². The molecule has 1 atom stereocenters. The molecule has 0 aliphatic carbocycles. The summed E-state index contributed by atoms with van der Waals surface area (Å²) in [6.45, 7) is 9.14. The molecule has 0 saturated carbocycles. The first-order valence-corrected chi connectivity index (χ1v) is 5.02. The molecule has 0 bridgehead atoms. The van der Waals surface area contributed by atoms with Crippen LogP contribution in [0.5, 0.6) is 0 Å². The molecular weight excluding hydrogens is 134 g/mol. The Morgan fingerprint density at radius 1 is 1.36 bits per heavy atom. The van der Waals surface area contributed by atoms with Gasteiger partial charge in [0.25, 0.3) is 0 Å². The minimum absolute atomic E-state index is 0. The van der Waals surface area contributed by atoms with Crippen molar-refractivity contribution in [3.8, 4) is 0 Å². The summed E-state index contributed by atoms with van der Waals surface area (Å²) in [5.41, 5.74) is 0. The van der Waals surface area contributed by atoms with E-state index in [1.807, 2.05) is 0 Å². The first kappa shape index (κ1) is 11.0. The second-order valence-electron chi connectivity index (χ2n) is 3.45. The maximum atomic E-state index is 3.33. The van der Waals surface area contributed by atoms with E-state index in [-0.39, 0.29) is 1.43 Å². The molecule has 70 valence electrons. The molecule has 11 heavy (non-hydrogen) atoms. The van der Waals surface area contributed by atoms with Gasteiger partial charge in [-0.3, -0.25) is 0 Å². The molecule has 1 aliphatic rings. The lowest BCUT2D eigenvalue weighted by molar-refractivity contribution is 0.405. The van der Waals surface area contributed by atoms with Crippen molar-refractivity contribution in [2.75, 3.05) is 13.1 Å². The fraction of sp³-hybridized carbons (Fsp3) is 1.00. The van der Waals surface area contributed by atoms with E-state index < -0.39 is 0 Å². The maximum absolute atomic E-state index is 3.33. The zero-order valence-corrected chi connectivity index (χ0v) is 8.32. The molecule has 1 heteroatoms. The van der Waals surface area contributed by atoms with Crippen molar-refractivity contribution >= 4 is 0 Å². The lowest BCUT2D eigenvalue weighted by Gasteiger charge is -2.17. The van der Waals surface area contributed by atoms with Gasteiger partial charge < -0.3 is 5.32 Å². The third-order valence-corrected chi connectivity index (χ3v) is 2.04. The summed E-state index contributed by atoms with van der Waals surface area (Å²) in [7, 11) is 0. The summed E-state index contributed by atoms with van der Waals surface area (Å²) in [5.74, 6) is 0.925. The molecule has 1 N–H and O–H groups in total. The van der Waals surface area contributed by atoms with Crippen LogP contribution in [0.15, 0.2) is 0 Å². The minimum Gasteiger partial charge on any atom is -0.316 e. The number of rotatable bonds is 1. The van der Waals surface area contributed by atoms with Crippen LogP contribution in [0.25, 0.3) is 0 Å². The highest BCUT2D eigenvalue weighted by Gasteiger charge is 2.04. The molecule has 0 aromatic carbocycles. The van der Waals surface area contributed by atoms with Crippen LogP contribution in [-0.2, 0) is 0 Å². The zero-order valence-electron chi connectivity index (χ0n) is 8.32. The maximum Gasteiger partial charge on any atom is 0 e. The smallest absolute Gasteiger partial charge is 0 e. The highest BCUT2D eigenvalue weighted by Crippen LogP contribution is 2.06. The monoisotopic (exact) mass is 159 g/mol. The highest BCUT2D eigenvalue weighted by molar-refractivity contribution is 4.63. The minimum atomic E-state index is 0. The summed E-state index contributed by atoms with van der Waals surface area (Å²) in [5, 5.41) is 3.33. The fourth-order valence-electron chi connectivity index (χ4n) is 1.03. The standard InChI is InChI=1S/C6H13N.C4H10.H2/c1-6-3-2-4-7-5-6;1-3-4-2;/h6-7H,2-5H2,1H3;3-4H2,1-2H3;1H. The predicted octanol–water partition coefficient (Wildman–Crippen LogP) is 3.06. The van der Waals surface area contributed by atoms with Crippen LogP contribution in [-0.4, -0.2) is 13.1 Å². The van der Waals surface area contributed by atoms with Gasteiger partial charge in [0, 0.05) is 1.43 Å². The highest BCUT2D eigenvalue weighted by atomic mass is 14.9. The Labute approximate surface area is 73.1 Å². The normalized spacial score (nSPS) is 23.7. The zero-order chi connectivity index (χ0) is 8.53. The van der Waals surface area contributed by atoms with Gasteiger partial charge in [-0.05, 0) is 31.8 Å². The fourth-order valence-corrected chi connectivity index (χ4v) is 1.03. The Morgan fingerprint density at radius 3 is 2.18 bits per heavy atom. The van der Waals surface area contributed by atoms with Crippen LogP contribution < -0.4 is 5.32 Å². The SMILES string of the molecule is CC1CCCNC1.CCCC.[HH]. The van der Waals surface area contributed by atoms with Crippen molar-refractivity contribution < 1.29 is 1.43 Å². The molecule has 0 aromatic rings. The molecular formula is C10H25N. The van der Waals surface area contributed by atoms with Crippen LogP contribution in [0.2, 0.25) is 0 Å². The molecule has 1 unspecified atom stereocenters. The topological polar surface area (TPSA) is 12.0 Å². The molecule has 0 radical (unpaired) electrons. The van der Waals surface area contributed by atoms with Gasteiger partial charge in [0.1, 0.15) is 0 Å². The Balaban J connectivity index is 0. The van der Waals surface area contributed by atoms with Crippen LogP contribution in [0.1, 0.15) is 47.9 Å². The Morgan fingerprint density at radius 2 is 2.00 bits per heavy atom. The molecule has 1 heterocycles. The van der Waals surface area contributed by atoms with Gasteiger partial charge >= 0.3 is 0 Å². The molecule has 0 amide bonds. The lowest BCUT2D eigenvalue weighted by atomic mass is 10.0. The van der Waals surface area contributed by atoms with Crippen LogP contribution in [0.4, 0.5) is 0 Å². The first-order valence-electron chi connectivity index (χ1n) is 5.02. The molecule has 0 aromatic heterocycles. The number of unbranched alkanes of at least 4 members (excludes halogenated alkanes) is 1. The average molecular weight is 159 g/mol. The summed E-state index contributed by atoms with van der Waals surface area (Å²) >= 11 is 0. The summed E-state index contributed by atoms with van der Waals surface area (Å²) in [6, 6.07) is 0. The van der Waals surface area contributed by atoms with Gasteiger partial charge in [0.05, 0.1) is 0 Å². The van der Waals surface area contributed by atoms with Gasteiger partial charge in [0.2, 0.25) is 0 Å².